The Balaban J connectivity index is 2.70. The van der Waals surface area contributed by atoms with E-state index in [0.29, 0.717) is 24.3 Å². The number of carbonyl (C=O) groups excluding carboxylic acids is 3. The molecule has 0 spiro atoms. The number of methoxy groups -OCH3 is 1. The Bertz CT molecular complexity index is 519. The van der Waals surface area contributed by atoms with Crippen LogP contribution in [0.3, 0.4) is 0 Å². The first-order chi connectivity index (χ1) is 10.5. The molecule has 0 aliphatic carbocycles. The summed E-state index contributed by atoms with van der Waals surface area (Å²) in [6.07, 6.45) is 1.60. The van der Waals surface area contributed by atoms with Gasteiger partial charge < -0.3 is 15.0 Å². The number of ether oxygens (including phenoxy) is 1. The number of carbonyl (C=O) groups is 3. The van der Waals surface area contributed by atoms with Crippen molar-refractivity contribution in [1.82, 2.24) is 4.90 Å². The van der Waals surface area contributed by atoms with Gasteiger partial charge in [-0.15, -0.1) is 0 Å². The fraction of sp³-hybridized carbons (Fsp3) is 0.438. The lowest BCUT2D eigenvalue weighted by Gasteiger charge is -2.20. The molecule has 0 unspecified atom stereocenters. The summed E-state index contributed by atoms with van der Waals surface area (Å²) in [5.74, 6) is -1.67. The van der Waals surface area contributed by atoms with Crippen LogP contribution < -0.4 is 5.32 Å². The summed E-state index contributed by atoms with van der Waals surface area (Å²) < 4.78 is 4.59. The molecule has 22 heavy (non-hydrogen) atoms. The molecule has 0 aromatic heterocycles. The van der Waals surface area contributed by atoms with Gasteiger partial charge in [0.2, 0.25) is 0 Å². The van der Waals surface area contributed by atoms with Crippen LogP contribution in [-0.4, -0.2) is 42.9 Å². The van der Waals surface area contributed by atoms with E-state index in [1.165, 1.54) is 24.1 Å². The molecule has 0 fully saturated rings. The number of esters is 1. The molecule has 1 rings (SSSR count). The van der Waals surface area contributed by atoms with Crippen LogP contribution in [0.1, 0.15) is 37.0 Å². The quantitative estimate of drug-likeness (QED) is 0.645. The third kappa shape index (κ3) is 4.87. The molecule has 0 aliphatic heterocycles. The maximum Gasteiger partial charge on any atom is 0.337 e. The number of nitrogens with one attached hydrogen (secondary N) is 1. The third-order valence-corrected chi connectivity index (χ3v) is 3.03. The standard InChI is InChI=1S/C16H22N2O4/c1-4-10-18(11-5-2)15(20)14(19)17-13-8-6-12(7-9-13)16(21)22-3/h6-9H,4-5,10-11H2,1-3H3,(H,17,19). The van der Waals surface area contributed by atoms with Crippen molar-refractivity contribution in [2.75, 3.05) is 25.5 Å². The van der Waals surface area contributed by atoms with E-state index >= 15 is 0 Å². The summed E-state index contributed by atoms with van der Waals surface area (Å²) in [6, 6.07) is 6.17. The minimum Gasteiger partial charge on any atom is -0.465 e. The van der Waals surface area contributed by atoms with Gasteiger partial charge in [-0.2, -0.15) is 0 Å². The van der Waals surface area contributed by atoms with Gasteiger partial charge in [-0.1, -0.05) is 13.8 Å². The number of amides is 2. The number of anilines is 1. The summed E-state index contributed by atoms with van der Waals surface area (Å²) in [4.78, 5) is 36.9. The second-order valence-corrected chi connectivity index (χ2v) is 4.82. The Kier molecular flexibility index (Phi) is 7.08. The van der Waals surface area contributed by atoms with Gasteiger partial charge in [-0.25, -0.2) is 4.79 Å². The summed E-state index contributed by atoms with van der Waals surface area (Å²) in [5, 5.41) is 2.54. The van der Waals surface area contributed by atoms with Crippen LogP contribution in [0.4, 0.5) is 5.69 Å². The lowest BCUT2D eigenvalue weighted by Crippen LogP contribution is -2.40. The first-order valence-corrected chi connectivity index (χ1v) is 7.32. The molecule has 0 heterocycles. The summed E-state index contributed by atoms with van der Waals surface area (Å²) in [7, 11) is 1.30. The molecular weight excluding hydrogens is 284 g/mol. The minimum atomic E-state index is -0.673. The van der Waals surface area contributed by atoms with Crippen LogP contribution in [0.15, 0.2) is 24.3 Å². The molecule has 0 atom stereocenters. The third-order valence-electron chi connectivity index (χ3n) is 3.03. The van der Waals surface area contributed by atoms with Crippen LogP contribution in [0, 0.1) is 0 Å². The molecule has 1 N–H and O–H groups in total. The van der Waals surface area contributed by atoms with Crippen molar-refractivity contribution in [3.05, 3.63) is 29.8 Å². The molecule has 0 aliphatic rings. The molecule has 6 heteroatoms. The van der Waals surface area contributed by atoms with E-state index in [0.717, 1.165) is 12.8 Å². The van der Waals surface area contributed by atoms with E-state index < -0.39 is 17.8 Å². The number of rotatable bonds is 6. The SMILES string of the molecule is CCCN(CCC)C(=O)C(=O)Nc1ccc(C(=O)OC)cc1. The number of hydrogen-bond acceptors (Lipinski definition) is 4. The van der Waals surface area contributed by atoms with Crippen LogP contribution in [0.5, 0.6) is 0 Å². The highest BCUT2D eigenvalue weighted by Crippen LogP contribution is 2.11. The number of benzene rings is 1. The van der Waals surface area contributed by atoms with Crippen LogP contribution >= 0.6 is 0 Å². The van der Waals surface area contributed by atoms with E-state index in [-0.39, 0.29) is 0 Å². The van der Waals surface area contributed by atoms with E-state index in [2.05, 4.69) is 10.1 Å². The molecule has 1 aromatic rings. The summed E-state index contributed by atoms with van der Waals surface area (Å²) in [5.41, 5.74) is 0.837. The molecule has 0 saturated heterocycles. The number of nitrogens with zero attached hydrogens (tertiary/aromatic N) is 1. The van der Waals surface area contributed by atoms with E-state index in [1.807, 2.05) is 13.8 Å². The van der Waals surface area contributed by atoms with E-state index in [9.17, 15) is 14.4 Å². The molecular formula is C16H22N2O4. The van der Waals surface area contributed by atoms with Crippen LogP contribution in [-0.2, 0) is 14.3 Å². The maximum absolute atomic E-state index is 12.1. The van der Waals surface area contributed by atoms with Gasteiger partial charge in [0, 0.05) is 18.8 Å². The first-order valence-electron chi connectivity index (χ1n) is 7.32. The molecule has 0 saturated carbocycles. The molecule has 0 bridgehead atoms. The largest absolute Gasteiger partial charge is 0.465 e. The van der Waals surface area contributed by atoms with Crippen molar-refractivity contribution in [1.29, 1.82) is 0 Å². The van der Waals surface area contributed by atoms with Gasteiger partial charge in [0.15, 0.2) is 0 Å². The second kappa shape index (κ2) is 8.81. The predicted octanol–water partition coefficient (Wildman–Crippen LogP) is 2.06. The molecule has 2 amide bonds. The van der Waals surface area contributed by atoms with Crippen LogP contribution in [0.25, 0.3) is 0 Å². The lowest BCUT2D eigenvalue weighted by molar-refractivity contribution is -0.143. The highest BCUT2D eigenvalue weighted by molar-refractivity contribution is 6.39. The van der Waals surface area contributed by atoms with Gasteiger partial charge in [0.1, 0.15) is 0 Å². The average molecular weight is 306 g/mol. The first kappa shape index (κ1) is 17.7. The summed E-state index contributed by atoms with van der Waals surface area (Å²) >= 11 is 0. The zero-order valence-electron chi connectivity index (χ0n) is 13.2. The molecule has 120 valence electrons. The Labute approximate surface area is 130 Å². The molecule has 0 radical (unpaired) electrons. The fourth-order valence-electron chi connectivity index (χ4n) is 1.99. The summed E-state index contributed by atoms with van der Waals surface area (Å²) in [6.45, 7) is 5.03. The van der Waals surface area contributed by atoms with Gasteiger partial charge >= 0.3 is 17.8 Å². The van der Waals surface area contributed by atoms with Gasteiger partial charge in [0.25, 0.3) is 0 Å². The monoisotopic (exact) mass is 306 g/mol. The highest BCUT2D eigenvalue weighted by atomic mass is 16.5. The average Bonchev–Trinajstić information content (AvgIpc) is 2.53. The van der Waals surface area contributed by atoms with Crippen molar-refractivity contribution in [2.45, 2.75) is 26.7 Å². The zero-order valence-corrected chi connectivity index (χ0v) is 13.2. The molecule has 6 nitrogen and oxygen atoms in total. The normalized spacial score (nSPS) is 9.95. The van der Waals surface area contributed by atoms with E-state index in [1.54, 1.807) is 12.1 Å². The van der Waals surface area contributed by atoms with Crippen LogP contribution in [0.2, 0.25) is 0 Å². The second-order valence-electron chi connectivity index (χ2n) is 4.82. The van der Waals surface area contributed by atoms with Gasteiger partial charge in [0.05, 0.1) is 12.7 Å². The zero-order chi connectivity index (χ0) is 16.5. The topological polar surface area (TPSA) is 75.7 Å². The Hall–Kier alpha value is -2.37. The fourth-order valence-corrected chi connectivity index (χ4v) is 1.99. The smallest absolute Gasteiger partial charge is 0.337 e. The Morgan fingerprint density at radius 2 is 1.59 bits per heavy atom. The minimum absolute atomic E-state index is 0.380. The van der Waals surface area contributed by atoms with Crippen molar-refractivity contribution < 1.29 is 19.1 Å². The Morgan fingerprint density at radius 1 is 1.05 bits per heavy atom. The number of hydrogen-bond donors (Lipinski definition) is 1. The van der Waals surface area contributed by atoms with Crippen molar-refractivity contribution in [2.24, 2.45) is 0 Å². The Morgan fingerprint density at radius 3 is 2.05 bits per heavy atom. The van der Waals surface area contributed by atoms with E-state index in [4.69, 9.17) is 0 Å². The predicted molar refractivity (Wildman–Crippen MR) is 83.6 cm³/mol. The van der Waals surface area contributed by atoms with Gasteiger partial charge in [-0.05, 0) is 37.1 Å². The van der Waals surface area contributed by atoms with Crippen molar-refractivity contribution >= 4 is 23.5 Å². The van der Waals surface area contributed by atoms with Crippen molar-refractivity contribution in [3.8, 4) is 0 Å². The maximum atomic E-state index is 12.1. The van der Waals surface area contributed by atoms with Gasteiger partial charge in [-0.3, -0.25) is 9.59 Å². The highest BCUT2D eigenvalue weighted by Gasteiger charge is 2.20. The van der Waals surface area contributed by atoms with Crippen molar-refractivity contribution in [3.63, 3.8) is 0 Å². The molecule has 1 aromatic carbocycles. The lowest BCUT2D eigenvalue weighted by atomic mass is 10.2.